The van der Waals surface area contributed by atoms with Gasteiger partial charge in [0.2, 0.25) is 0 Å². The molecular formula is C61H59N3O. The van der Waals surface area contributed by atoms with Crippen molar-refractivity contribution in [1.82, 2.24) is 14.5 Å². The van der Waals surface area contributed by atoms with Gasteiger partial charge in [0.1, 0.15) is 11.6 Å². The first-order valence-corrected chi connectivity index (χ1v) is 22.7. The smallest absolute Gasteiger partial charge is 0.149 e. The van der Waals surface area contributed by atoms with Crippen LogP contribution in [0.15, 0.2) is 164 Å². The van der Waals surface area contributed by atoms with Gasteiger partial charge in [-0.2, -0.15) is 0 Å². The molecule has 0 aliphatic heterocycles. The van der Waals surface area contributed by atoms with E-state index < -0.39 is 5.89 Å². The molecule has 9 aromatic rings. The van der Waals surface area contributed by atoms with Gasteiger partial charge in [-0.25, -0.2) is 4.98 Å². The summed E-state index contributed by atoms with van der Waals surface area (Å²) in [6.07, 6.45) is 1.88. The van der Waals surface area contributed by atoms with E-state index in [1.54, 1.807) is 0 Å². The van der Waals surface area contributed by atoms with Gasteiger partial charge in [-0.1, -0.05) is 165 Å². The number of pyridine rings is 1. The third-order valence-electron chi connectivity index (χ3n) is 12.7. The first kappa shape index (κ1) is 41.9. The maximum Gasteiger partial charge on any atom is 0.149 e. The molecule has 65 heavy (non-hydrogen) atoms. The molecular weight excluding hydrogens is 791 g/mol. The Morgan fingerprint density at radius 2 is 1.18 bits per heavy atom. The second-order valence-corrected chi connectivity index (χ2v) is 19.9. The third-order valence-corrected chi connectivity index (χ3v) is 12.7. The number of phenolic OH excluding ortho intramolecular Hbond substituents is 1. The molecule has 0 radical (unpaired) electrons. The minimum absolute atomic E-state index is 0.0192. The van der Waals surface area contributed by atoms with Gasteiger partial charge in [-0.05, 0) is 140 Å². The highest BCUT2D eigenvalue weighted by atomic mass is 16.3. The fourth-order valence-corrected chi connectivity index (χ4v) is 8.96. The zero-order valence-electron chi connectivity index (χ0n) is 40.4. The van der Waals surface area contributed by atoms with Crippen molar-refractivity contribution in [1.29, 1.82) is 0 Å². The van der Waals surface area contributed by atoms with Crippen LogP contribution >= 0.6 is 0 Å². The van der Waals surface area contributed by atoms with Crippen LogP contribution in [-0.2, 0) is 10.8 Å². The number of rotatable bonds is 8. The van der Waals surface area contributed by atoms with Gasteiger partial charge < -0.3 is 5.11 Å². The molecule has 0 saturated heterocycles. The van der Waals surface area contributed by atoms with Crippen molar-refractivity contribution in [3.63, 3.8) is 0 Å². The molecule has 0 saturated carbocycles. The van der Waals surface area contributed by atoms with Crippen LogP contribution in [0.3, 0.4) is 0 Å². The van der Waals surface area contributed by atoms with Crippen LogP contribution in [0.5, 0.6) is 5.75 Å². The fraction of sp³-hybridized carbons (Fsp3) is 0.213. The largest absolute Gasteiger partial charge is 0.507 e. The second-order valence-electron chi connectivity index (χ2n) is 19.9. The molecule has 0 amide bonds. The fourth-order valence-electron chi connectivity index (χ4n) is 8.96. The summed E-state index contributed by atoms with van der Waals surface area (Å²) in [6.45, 7) is 21.4. The SMILES string of the molecule is [2H]C(C)(C)c1ccc(-c2ccnc(-c3cc(-c4ccccc4)cc(-c4cccc5c4nc(-c4cc(C)cc(C)c4O)n5-c4cc(C(C)(C)C)ccc4-c4ccc(C(C)(C)C)cc4)c3)c2)cc1. The van der Waals surface area contributed by atoms with Crippen LogP contribution in [0, 0.1) is 13.8 Å². The first-order valence-electron chi connectivity index (χ1n) is 23.2. The molecule has 4 nitrogen and oxygen atoms in total. The number of para-hydroxylation sites is 1. The van der Waals surface area contributed by atoms with Crippen LogP contribution in [0.4, 0.5) is 0 Å². The lowest BCUT2D eigenvalue weighted by Crippen LogP contribution is -2.13. The molecule has 0 atom stereocenters. The van der Waals surface area contributed by atoms with E-state index in [1.165, 1.54) is 11.1 Å². The Bertz CT molecular complexity index is 3250. The van der Waals surface area contributed by atoms with Gasteiger partial charge in [0.15, 0.2) is 0 Å². The molecule has 0 bridgehead atoms. The quantitative estimate of drug-likeness (QED) is 0.166. The lowest BCUT2D eigenvalue weighted by Gasteiger charge is -2.24. The highest BCUT2D eigenvalue weighted by molar-refractivity contribution is 5.98. The summed E-state index contributed by atoms with van der Waals surface area (Å²) >= 11 is 0. The molecule has 9 rings (SSSR count). The van der Waals surface area contributed by atoms with Crippen molar-refractivity contribution < 1.29 is 6.48 Å². The number of nitrogens with zero attached hydrogens (tertiary/aromatic N) is 3. The van der Waals surface area contributed by atoms with Gasteiger partial charge in [0, 0.05) is 24.3 Å². The summed E-state index contributed by atoms with van der Waals surface area (Å²) < 4.78 is 10.8. The van der Waals surface area contributed by atoms with E-state index in [-0.39, 0.29) is 16.6 Å². The highest BCUT2D eigenvalue weighted by Crippen LogP contribution is 2.44. The van der Waals surface area contributed by atoms with E-state index in [0.717, 1.165) is 89.2 Å². The minimum Gasteiger partial charge on any atom is -0.507 e. The van der Waals surface area contributed by atoms with E-state index in [9.17, 15) is 5.11 Å². The maximum atomic E-state index is 11.9. The number of hydrogen-bond acceptors (Lipinski definition) is 3. The van der Waals surface area contributed by atoms with E-state index in [2.05, 4.69) is 180 Å². The number of aromatic hydroxyl groups is 1. The zero-order valence-corrected chi connectivity index (χ0v) is 39.4. The minimum atomic E-state index is -0.674. The van der Waals surface area contributed by atoms with Crippen molar-refractivity contribution >= 4 is 11.0 Å². The molecule has 324 valence electrons. The molecule has 4 heteroatoms. The average Bonchev–Trinajstić information content (AvgIpc) is 3.69. The van der Waals surface area contributed by atoms with Gasteiger partial charge in [0.05, 0.1) is 28.0 Å². The highest BCUT2D eigenvalue weighted by Gasteiger charge is 2.25. The predicted octanol–water partition coefficient (Wildman–Crippen LogP) is 16.5. The van der Waals surface area contributed by atoms with Crippen LogP contribution < -0.4 is 0 Å². The Kier molecular flexibility index (Phi) is 10.9. The van der Waals surface area contributed by atoms with E-state index in [0.29, 0.717) is 11.4 Å². The van der Waals surface area contributed by atoms with Crippen molar-refractivity contribution in [2.24, 2.45) is 0 Å². The summed E-state index contributed by atoms with van der Waals surface area (Å²) in [5.74, 6) is 0.222. The normalized spacial score (nSPS) is 12.4. The zero-order chi connectivity index (χ0) is 46.7. The lowest BCUT2D eigenvalue weighted by molar-refractivity contribution is 0.472. The van der Waals surface area contributed by atoms with Crippen LogP contribution in [0.25, 0.3) is 83.9 Å². The number of phenols is 1. The summed E-state index contributed by atoms with van der Waals surface area (Å²) in [4.78, 5) is 10.6. The number of aromatic nitrogens is 3. The standard InChI is InChI=1S/C61H59N3O/c1-38(2)41-19-21-43(22-20-41)45-29-30-62-54(36-45)48-34-46(42-15-12-11-13-16-42)33-47(35-48)52-17-14-18-55-57(52)63-59(53-32-39(3)31-40(4)58(53)65)64(55)56-37-50(61(8,9)10)27-28-51(56)44-23-25-49(26-24-44)60(5,6)7/h11-38,65H,1-10H3/i38D. The van der Waals surface area contributed by atoms with Crippen LogP contribution in [0.1, 0.15) is 90.5 Å². The van der Waals surface area contributed by atoms with Crippen molar-refractivity contribution in [2.75, 3.05) is 0 Å². The van der Waals surface area contributed by atoms with E-state index >= 15 is 0 Å². The second kappa shape index (κ2) is 16.8. The molecule has 0 unspecified atom stereocenters. The number of benzene rings is 7. The number of fused-ring (bicyclic) bond motifs is 1. The van der Waals surface area contributed by atoms with Crippen molar-refractivity contribution in [3.05, 3.63) is 192 Å². The summed E-state index contributed by atoms with van der Waals surface area (Å²) in [5.41, 5.74) is 19.0. The van der Waals surface area contributed by atoms with Gasteiger partial charge >= 0.3 is 0 Å². The van der Waals surface area contributed by atoms with Crippen molar-refractivity contribution in [2.45, 2.75) is 86.0 Å². The van der Waals surface area contributed by atoms with E-state index in [4.69, 9.17) is 11.3 Å². The van der Waals surface area contributed by atoms with Crippen LogP contribution in [0.2, 0.25) is 0 Å². The lowest BCUT2D eigenvalue weighted by atomic mass is 9.84. The van der Waals surface area contributed by atoms with Crippen molar-refractivity contribution in [3.8, 4) is 78.6 Å². The number of hydrogen-bond donors (Lipinski definition) is 1. The first-order chi connectivity index (χ1) is 31.3. The number of imidazole rings is 1. The topological polar surface area (TPSA) is 50.9 Å². The Morgan fingerprint density at radius 1 is 0.538 bits per heavy atom. The van der Waals surface area contributed by atoms with E-state index in [1.807, 2.05) is 57.3 Å². The average molecular weight is 851 g/mol. The third kappa shape index (κ3) is 8.54. The molecule has 0 spiro atoms. The molecule has 1 N–H and O–H groups in total. The molecule has 2 aromatic heterocycles. The Hall–Kier alpha value is -7.04. The molecule has 0 aliphatic rings. The predicted molar refractivity (Wildman–Crippen MR) is 274 cm³/mol. The maximum absolute atomic E-state index is 11.9. The Morgan fingerprint density at radius 3 is 1.88 bits per heavy atom. The molecule has 0 aliphatic carbocycles. The van der Waals surface area contributed by atoms with Gasteiger partial charge in [-0.3, -0.25) is 9.55 Å². The summed E-state index contributed by atoms with van der Waals surface area (Å²) in [5, 5.41) is 11.9. The van der Waals surface area contributed by atoms with Crippen LogP contribution in [-0.4, -0.2) is 19.6 Å². The Labute approximate surface area is 386 Å². The Balaban J connectivity index is 1.30. The summed E-state index contributed by atoms with van der Waals surface area (Å²) in [6, 6.07) is 56.0. The molecule has 0 fully saturated rings. The van der Waals surface area contributed by atoms with Gasteiger partial charge in [0.25, 0.3) is 0 Å². The number of aryl methyl sites for hydroxylation is 2. The molecule has 2 heterocycles. The summed E-state index contributed by atoms with van der Waals surface area (Å²) in [7, 11) is 0. The van der Waals surface area contributed by atoms with Gasteiger partial charge in [-0.15, -0.1) is 0 Å². The monoisotopic (exact) mass is 850 g/mol. The molecule has 7 aromatic carbocycles.